The number of likely N-dealkylation sites (N-methyl/N-ethyl adjacent to an activating group) is 1. The Hall–Kier alpha value is -2.60. The number of methoxy groups -OCH3 is 2. The first-order valence-corrected chi connectivity index (χ1v) is 8.42. The van der Waals surface area contributed by atoms with Crippen molar-refractivity contribution in [3.8, 4) is 11.5 Å². The SMILES string of the molecule is COc1ccc(CCNC(=O)CN(C)Cc2ccc(OC)c(F)c2)cc1. The van der Waals surface area contributed by atoms with Gasteiger partial charge in [-0.2, -0.15) is 0 Å². The molecule has 0 unspecified atom stereocenters. The van der Waals surface area contributed by atoms with Gasteiger partial charge in [-0.3, -0.25) is 9.69 Å². The van der Waals surface area contributed by atoms with E-state index in [1.165, 1.54) is 13.2 Å². The minimum atomic E-state index is -0.401. The van der Waals surface area contributed by atoms with Crippen LogP contribution in [0.4, 0.5) is 4.39 Å². The van der Waals surface area contributed by atoms with Gasteiger partial charge in [0.15, 0.2) is 11.6 Å². The normalized spacial score (nSPS) is 10.7. The van der Waals surface area contributed by atoms with E-state index < -0.39 is 5.82 Å². The maximum Gasteiger partial charge on any atom is 0.234 e. The average Bonchev–Trinajstić information content (AvgIpc) is 2.62. The van der Waals surface area contributed by atoms with Gasteiger partial charge in [0.25, 0.3) is 0 Å². The van der Waals surface area contributed by atoms with Crippen molar-refractivity contribution in [3.63, 3.8) is 0 Å². The van der Waals surface area contributed by atoms with Crippen LogP contribution in [0.25, 0.3) is 0 Å². The zero-order valence-electron chi connectivity index (χ0n) is 15.4. The Bertz CT molecular complexity index is 719. The lowest BCUT2D eigenvalue weighted by Crippen LogP contribution is -2.35. The van der Waals surface area contributed by atoms with Crippen LogP contribution in [0, 0.1) is 5.82 Å². The van der Waals surface area contributed by atoms with Crippen LogP contribution in [0.5, 0.6) is 11.5 Å². The summed E-state index contributed by atoms with van der Waals surface area (Å²) in [6.07, 6.45) is 0.753. The molecule has 2 aromatic carbocycles. The Balaban J connectivity index is 1.73. The van der Waals surface area contributed by atoms with E-state index >= 15 is 0 Å². The molecule has 0 saturated heterocycles. The van der Waals surface area contributed by atoms with Gasteiger partial charge in [0.1, 0.15) is 5.75 Å². The van der Waals surface area contributed by atoms with Crippen molar-refractivity contribution >= 4 is 5.91 Å². The molecule has 0 aliphatic rings. The Labute approximate surface area is 153 Å². The molecule has 6 heteroatoms. The van der Waals surface area contributed by atoms with E-state index in [9.17, 15) is 9.18 Å². The minimum absolute atomic E-state index is 0.0602. The maximum atomic E-state index is 13.7. The van der Waals surface area contributed by atoms with Crippen molar-refractivity contribution in [1.29, 1.82) is 0 Å². The number of amides is 1. The van der Waals surface area contributed by atoms with Gasteiger partial charge in [-0.25, -0.2) is 4.39 Å². The molecule has 2 rings (SSSR count). The van der Waals surface area contributed by atoms with Crippen LogP contribution in [0.3, 0.4) is 0 Å². The molecule has 0 atom stereocenters. The van der Waals surface area contributed by atoms with E-state index in [4.69, 9.17) is 9.47 Å². The highest BCUT2D eigenvalue weighted by Crippen LogP contribution is 2.18. The molecule has 0 saturated carbocycles. The molecule has 0 aromatic heterocycles. The number of nitrogens with zero attached hydrogens (tertiary/aromatic N) is 1. The van der Waals surface area contributed by atoms with Crippen LogP contribution in [0.1, 0.15) is 11.1 Å². The summed E-state index contributed by atoms with van der Waals surface area (Å²) in [5.41, 5.74) is 1.92. The lowest BCUT2D eigenvalue weighted by atomic mass is 10.1. The number of rotatable bonds is 9. The van der Waals surface area contributed by atoms with Gasteiger partial charge in [0.2, 0.25) is 5.91 Å². The van der Waals surface area contributed by atoms with Crippen molar-refractivity contribution < 1.29 is 18.7 Å². The second kappa shape index (κ2) is 9.77. The average molecular weight is 360 g/mol. The van der Waals surface area contributed by atoms with Gasteiger partial charge < -0.3 is 14.8 Å². The van der Waals surface area contributed by atoms with E-state index in [1.807, 2.05) is 36.2 Å². The Morgan fingerprint density at radius 1 is 1.08 bits per heavy atom. The molecule has 0 heterocycles. The van der Waals surface area contributed by atoms with E-state index in [1.54, 1.807) is 19.2 Å². The fraction of sp³-hybridized carbons (Fsp3) is 0.350. The summed E-state index contributed by atoms with van der Waals surface area (Å²) < 4.78 is 23.7. The highest BCUT2D eigenvalue weighted by atomic mass is 19.1. The summed E-state index contributed by atoms with van der Waals surface area (Å²) in [4.78, 5) is 13.9. The summed E-state index contributed by atoms with van der Waals surface area (Å²) in [5.74, 6) is 0.569. The fourth-order valence-electron chi connectivity index (χ4n) is 2.62. The molecule has 2 aromatic rings. The van der Waals surface area contributed by atoms with Gasteiger partial charge in [-0.15, -0.1) is 0 Å². The van der Waals surface area contributed by atoms with Crippen molar-refractivity contribution in [2.45, 2.75) is 13.0 Å². The second-order valence-corrected chi connectivity index (χ2v) is 6.09. The van der Waals surface area contributed by atoms with Crippen LogP contribution < -0.4 is 14.8 Å². The van der Waals surface area contributed by atoms with Crippen LogP contribution in [-0.4, -0.2) is 45.2 Å². The molecule has 26 heavy (non-hydrogen) atoms. The predicted molar refractivity (Wildman–Crippen MR) is 99.0 cm³/mol. The molecule has 0 fully saturated rings. The second-order valence-electron chi connectivity index (χ2n) is 6.09. The monoisotopic (exact) mass is 360 g/mol. The highest BCUT2D eigenvalue weighted by Gasteiger charge is 2.09. The maximum absolute atomic E-state index is 13.7. The van der Waals surface area contributed by atoms with Crippen LogP contribution in [-0.2, 0) is 17.8 Å². The van der Waals surface area contributed by atoms with E-state index in [2.05, 4.69) is 5.32 Å². The molecule has 0 spiro atoms. The van der Waals surface area contributed by atoms with Gasteiger partial charge in [0.05, 0.1) is 20.8 Å². The molecule has 0 aliphatic carbocycles. The van der Waals surface area contributed by atoms with Gasteiger partial charge in [-0.05, 0) is 48.9 Å². The van der Waals surface area contributed by atoms with Crippen molar-refractivity contribution in [2.24, 2.45) is 0 Å². The fourth-order valence-corrected chi connectivity index (χ4v) is 2.62. The van der Waals surface area contributed by atoms with Gasteiger partial charge in [0, 0.05) is 13.1 Å². The third kappa shape index (κ3) is 6.04. The molecule has 1 amide bonds. The van der Waals surface area contributed by atoms with Crippen molar-refractivity contribution in [2.75, 3.05) is 34.4 Å². The molecule has 140 valence electrons. The van der Waals surface area contributed by atoms with E-state index in [0.29, 0.717) is 13.1 Å². The molecule has 5 nitrogen and oxygen atoms in total. The quantitative estimate of drug-likeness (QED) is 0.747. The van der Waals surface area contributed by atoms with E-state index in [0.717, 1.165) is 23.3 Å². The molecule has 0 bridgehead atoms. The van der Waals surface area contributed by atoms with E-state index in [-0.39, 0.29) is 18.2 Å². The molecule has 0 radical (unpaired) electrons. The first-order chi connectivity index (χ1) is 12.5. The van der Waals surface area contributed by atoms with Gasteiger partial charge >= 0.3 is 0 Å². The first kappa shape index (κ1) is 19.7. The number of ether oxygens (including phenoxy) is 2. The van der Waals surface area contributed by atoms with Crippen molar-refractivity contribution in [3.05, 3.63) is 59.4 Å². The molecular weight excluding hydrogens is 335 g/mol. The summed E-state index contributed by atoms with van der Waals surface area (Å²) >= 11 is 0. The minimum Gasteiger partial charge on any atom is -0.497 e. The van der Waals surface area contributed by atoms with Gasteiger partial charge in [-0.1, -0.05) is 18.2 Å². The summed E-state index contributed by atoms with van der Waals surface area (Å²) in [7, 11) is 4.89. The Kier molecular flexibility index (Phi) is 7.41. The van der Waals surface area contributed by atoms with Crippen LogP contribution >= 0.6 is 0 Å². The summed E-state index contributed by atoms with van der Waals surface area (Å²) in [6.45, 7) is 1.29. The first-order valence-electron chi connectivity index (χ1n) is 8.42. The highest BCUT2D eigenvalue weighted by molar-refractivity contribution is 5.77. The number of hydrogen-bond acceptors (Lipinski definition) is 4. The number of nitrogens with one attached hydrogen (secondary N) is 1. The molecular formula is C20H25FN2O3. The standard InChI is InChI=1S/C20H25FN2O3/c1-23(13-16-6-9-19(26-3)18(21)12-16)14-20(24)22-11-10-15-4-7-17(25-2)8-5-15/h4-9,12H,10-11,13-14H2,1-3H3,(H,22,24). The van der Waals surface area contributed by atoms with Crippen LogP contribution in [0.2, 0.25) is 0 Å². The van der Waals surface area contributed by atoms with Crippen molar-refractivity contribution in [1.82, 2.24) is 10.2 Å². The van der Waals surface area contributed by atoms with Crippen LogP contribution in [0.15, 0.2) is 42.5 Å². The Morgan fingerprint density at radius 2 is 1.77 bits per heavy atom. The Morgan fingerprint density at radius 3 is 2.38 bits per heavy atom. The number of carbonyl (C=O) groups excluding carboxylic acids is 1. The topological polar surface area (TPSA) is 50.8 Å². The third-order valence-corrected chi connectivity index (χ3v) is 3.98. The zero-order chi connectivity index (χ0) is 18.9. The number of carbonyl (C=O) groups is 1. The number of halogens is 1. The zero-order valence-corrected chi connectivity index (χ0v) is 15.4. The lowest BCUT2D eigenvalue weighted by molar-refractivity contribution is -0.122. The smallest absolute Gasteiger partial charge is 0.234 e. The molecule has 1 N–H and O–H groups in total. The predicted octanol–water partition coefficient (Wildman–Crippen LogP) is 2.63. The summed E-state index contributed by atoms with van der Waals surface area (Å²) in [6, 6.07) is 12.6. The summed E-state index contributed by atoms with van der Waals surface area (Å²) in [5, 5.41) is 2.90. The number of hydrogen-bond donors (Lipinski definition) is 1. The molecule has 0 aliphatic heterocycles. The largest absolute Gasteiger partial charge is 0.497 e. The third-order valence-electron chi connectivity index (χ3n) is 3.98. The lowest BCUT2D eigenvalue weighted by Gasteiger charge is -2.17. The number of benzene rings is 2.